The molecule has 2 N–H and O–H groups in total. The van der Waals surface area contributed by atoms with Gasteiger partial charge in [0.15, 0.2) is 5.76 Å². The summed E-state index contributed by atoms with van der Waals surface area (Å²) in [5.41, 5.74) is 2.07. The molecule has 10 nitrogen and oxygen atoms in total. The molecule has 0 spiro atoms. The number of nitrogens with zero attached hydrogens (tertiary/aromatic N) is 2. The molecule has 5 rings (SSSR count). The molecule has 3 aromatic rings. The number of nitrogens with one attached hydrogen (secondary N) is 2. The molecular weight excluding hydrogens is 452 g/mol. The maximum absolute atomic E-state index is 13.4. The lowest BCUT2D eigenvalue weighted by Crippen LogP contribution is -2.41. The molecule has 35 heavy (non-hydrogen) atoms. The maximum atomic E-state index is 13.4. The lowest BCUT2D eigenvalue weighted by Gasteiger charge is -2.20. The van der Waals surface area contributed by atoms with Gasteiger partial charge >= 0.3 is 0 Å². The fourth-order valence-corrected chi connectivity index (χ4v) is 4.33. The molecule has 2 aliphatic rings. The van der Waals surface area contributed by atoms with Crippen molar-refractivity contribution in [2.45, 2.75) is 18.5 Å². The standard InChI is InChI=1S/C25H20N4O6/c30-23-21-13-17(26-24(31)22-5-2-10-35-22)14-28(21)25(32)19-12-16(8-9-20(19)27-23)7-6-15-3-1-4-18(11-15)29(33)34/h1-12,17,21H,13-14H2,(H,26,31)(H,27,30). The van der Waals surface area contributed by atoms with Crippen LogP contribution in [0.5, 0.6) is 0 Å². The Balaban J connectivity index is 1.36. The topological polar surface area (TPSA) is 135 Å². The molecule has 3 heterocycles. The second-order valence-corrected chi connectivity index (χ2v) is 8.34. The lowest BCUT2D eigenvalue weighted by molar-refractivity contribution is -0.384. The number of anilines is 1. The third-order valence-corrected chi connectivity index (χ3v) is 6.03. The van der Waals surface area contributed by atoms with E-state index in [0.717, 1.165) is 0 Å². The van der Waals surface area contributed by atoms with Gasteiger partial charge in [0.05, 0.1) is 22.4 Å². The van der Waals surface area contributed by atoms with Crippen LogP contribution in [0, 0.1) is 10.1 Å². The SMILES string of the molecule is O=C(NC1CC2C(=O)Nc3ccc(C=Cc4cccc([N+](=O)[O-])c4)cc3C(=O)N2C1)c1ccco1. The number of furan rings is 1. The number of carbonyl (C=O) groups excluding carboxylic acids is 3. The predicted octanol–water partition coefficient (Wildman–Crippen LogP) is 3.32. The van der Waals surface area contributed by atoms with Gasteiger partial charge in [-0.05, 0) is 41.8 Å². The lowest BCUT2D eigenvalue weighted by atomic mass is 10.1. The summed E-state index contributed by atoms with van der Waals surface area (Å²) in [6.45, 7) is 0.191. The highest BCUT2D eigenvalue weighted by molar-refractivity contribution is 6.10. The summed E-state index contributed by atoms with van der Waals surface area (Å²) in [6.07, 6.45) is 5.15. The minimum Gasteiger partial charge on any atom is -0.459 e. The molecule has 2 aliphatic heterocycles. The maximum Gasteiger partial charge on any atom is 0.287 e. The van der Waals surface area contributed by atoms with Crippen LogP contribution in [0.1, 0.15) is 38.5 Å². The highest BCUT2D eigenvalue weighted by Crippen LogP contribution is 2.30. The van der Waals surface area contributed by atoms with Gasteiger partial charge in [-0.1, -0.05) is 30.4 Å². The minimum atomic E-state index is -0.708. The highest BCUT2D eigenvalue weighted by atomic mass is 16.6. The van der Waals surface area contributed by atoms with Crippen LogP contribution in [0.2, 0.25) is 0 Å². The van der Waals surface area contributed by atoms with E-state index >= 15 is 0 Å². The van der Waals surface area contributed by atoms with Crippen LogP contribution in [0.3, 0.4) is 0 Å². The minimum absolute atomic E-state index is 0.0132. The van der Waals surface area contributed by atoms with Gasteiger partial charge < -0.3 is 20.0 Å². The van der Waals surface area contributed by atoms with Crippen molar-refractivity contribution in [3.63, 3.8) is 0 Å². The second-order valence-electron chi connectivity index (χ2n) is 8.34. The van der Waals surface area contributed by atoms with E-state index < -0.39 is 22.9 Å². The number of benzene rings is 2. The predicted molar refractivity (Wildman–Crippen MR) is 126 cm³/mol. The Kier molecular flexibility index (Phi) is 5.61. The van der Waals surface area contributed by atoms with E-state index in [1.807, 2.05) is 0 Å². The number of amides is 3. The number of hydrogen-bond acceptors (Lipinski definition) is 6. The van der Waals surface area contributed by atoms with Gasteiger partial charge in [0, 0.05) is 24.7 Å². The molecule has 0 radical (unpaired) electrons. The van der Waals surface area contributed by atoms with Crippen molar-refractivity contribution in [3.05, 3.63) is 93.4 Å². The smallest absolute Gasteiger partial charge is 0.287 e. The van der Waals surface area contributed by atoms with Gasteiger partial charge in [-0.2, -0.15) is 0 Å². The van der Waals surface area contributed by atoms with E-state index in [1.165, 1.54) is 23.3 Å². The van der Waals surface area contributed by atoms with E-state index in [-0.39, 0.29) is 36.2 Å². The number of non-ortho nitro benzene ring substituents is 1. The van der Waals surface area contributed by atoms with Crippen LogP contribution >= 0.6 is 0 Å². The average molecular weight is 472 g/mol. The molecular formula is C25H20N4O6. The Labute approximate surface area is 199 Å². The first-order valence-electron chi connectivity index (χ1n) is 10.9. The molecule has 1 aromatic heterocycles. The molecule has 2 unspecified atom stereocenters. The molecule has 10 heteroatoms. The van der Waals surface area contributed by atoms with Crippen LogP contribution in [-0.4, -0.2) is 46.2 Å². The Morgan fingerprint density at radius 1 is 1.11 bits per heavy atom. The van der Waals surface area contributed by atoms with Crippen molar-refractivity contribution in [2.75, 3.05) is 11.9 Å². The van der Waals surface area contributed by atoms with E-state index in [0.29, 0.717) is 22.4 Å². The second kappa shape index (κ2) is 8.90. The zero-order valence-electron chi connectivity index (χ0n) is 18.3. The van der Waals surface area contributed by atoms with Gasteiger partial charge in [0.2, 0.25) is 5.91 Å². The summed E-state index contributed by atoms with van der Waals surface area (Å²) >= 11 is 0. The molecule has 2 atom stereocenters. The van der Waals surface area contributed by atoms with Gasteiger partial charge in [0.25, 0.3) is 17.5 Å². The third-order valence-electron chi connectivity index (χ3n) is 6.03. The van der Waals surface area contributed by atoms with Crippen LogP contribution in [-0.2, 0) is 4.79 Å². The molecule has 1 saturated heterocycles. The third kappa shape index (κ3) is 4.41. The number of carbonyl (C=O) groups is 3. The molecule has 2 aromatic carbocycles. The van der Waals surface area contributed by atoms with Crippen LogP contribution in [0.15, 0.2) is 65.3 Å². The van der Waals surface area contributed by atoms with E-state index in [9.17, 15) is 24.5 Å². The Bertz CT molecular complexity index is 1360. The number of nitro benzene ring substituents is 1. The van der Waals surface area contributed by atoms with Crippen molar-refractivity contribution in [3.8, 4) is 0 Å². The largest absolute Gasteiger partial charge is 0.459 e. The zero-order valence-corrected chi connectivity index (χ0v) is 18.3. The quantitative estimate of drug-likeness (QED) is 0.332. The molecule has 0 aliphatic carbocycles. The van der Waals surface area contributed by atoms with Gasteiger partial charge in [-0.25, -0.2) is 0 Å². The van der Waals surface area contributed by atoms with E-state index in [2.05, 4.69) is 10.6 Å². The van der Waals surface area contributed by atoms with Crippen molar-refractivity contribution in [1.29, 1.82) is 0 Å². The fraction of sp³-hybridized carbons (Fsp3) is 0.160. The summed E-state index contributed by atoms with van der Waals surface area (Å²) in [7, 11) is 0. The summed E-state index contributed by atoms with van der Waals surface area (Å²) < 4.78 is 5.11. The molecule has 0 bridgehead atoms. The Hall–Kier alpha value is -4.73. The van der Waals surface area contributed by atoms with Crippen molar-refractivity contribution < 1.29 is 23.7 Å². The monoisotopic (exact) mass is 472 g/mol. The van der Waals surface area contributed by atoms with Crippen LogP contribution in [0.4, 0.5) is 11.4 Å². The van der Waals surface area contributed by atoms with Gasteiger partial charge in [-0.3, -0.25) is 24.5 Å². The molecule has 1 fully saturated rings. The van der Waals surface area contributed by atoms with Gasteiger partial charge in [0.1, 0.15) is 6.04 Å². The first kappa shape index (κ1) is 22.1. The average Bonchev–Trinajstić information content (AvgIpc) is 3.52. The normalized spacial score (nSPS) is 19.1. The first-order chi connectivity index (χ1) is 16.9. The molecule has 176 valence electrons. The summed E-state index contributed by atoms with van der Waals surface area (Å²) in [5.74, 6) is -0.872. The number of fused-ring (bicyclic) bond motifs is 2. The Morgan fingerprint density at radius 3 is 2.66 bits per heavy atom. The molecule has 0 saturated carbocycles. The van der Waals surface area contributed by atoms with E-state index in [1.54, 1.807) is 54.6 Å². The summed E-state index contributed by atoms with van der Waals surface area (Å²) in [6, 6.07) is 13.3. The summed E-state index contributed by atoms with van der Waals surface area (Å²) in [4.78, 5) is 50.6. The number of nitro groups is 1. The molecule has 3 amide bonds. The first-order valence-corrected chi connectivity index (χ1v) is 10.9. The number of hydrogen-bond donors (Lipinski definition) is 2. The number of rotatable bonds is 5. The van der Waals surface area contributed by atoms with Crippen molar-refractivity contribution >= 4 is 41.2 Å². The van der Waals surface area contributed by atoms with Crippen molar-refractivity contribution in [1.82, 2.24) is 10.2 Å². The van der Waals surface area contributed by atoms with Crippen LogP contribution in [0.25, 0.3) is 12.2 Å². The fourth-order valence-electron chi connectivity index (χ4n) is 4.33. The zero-order chi connectivity index (χ0) is 24.5. The summed E-state index contributed by atoms with van der Waals surface area (Å²) in [5, 5.41) is 16.6. The van der Waals surface area contributed by atoms with Crippen LogP contribution < -0.4 is 10.6 Å². The highest BCUT2D eigenvalue weighted by Gasteiger charge is 2.43. The van der Waals surface area contributed by atoms with Gasteiger partial charge in [-0.15, -0.1) is 0 Å². The Morgan fingerprint density at radius 2 is 1.91 bits per heavy atom. The van der Waals surface area contributed by atoms with Crippen molar-refractivity contribution in [2.24, 2.45) is 0 Å². The van der Waals surface area contributed by atoms with E-state index in [4.69, 9.17) is 4.42 Å².